The van der Waals surface area contributed by atoms with Crippen molar-refractivity contribution in [3.63, 3.8) is 0 Å². The molecule has 0 bridgehead atoms. The Morgan fingerprint density at radius 1 is 1.35 bits per heavy atom. The van der Waals surface area contributed by atoms with Crippen molar-refractivity contribution in [3.8, 4) is 5.75 Å². The maximum absolute atomic E-state index is 10.9. The van der Waals surface area contributed by atoms with Crippen molar-refractivity contribution in [2.75, 3.05) is 6.61 Å². The Labute approximate surface area is 122 Å². The van der Waals surface area contributed by atoms with Crippen LogP contribution in [0.5, 0.6) is 5.75 Å². The third-order valence-corrected chi connectivity index (χ3v) is 5.16. The van der Waals surface area contributed by atoms with Gasteiger partial charge in [0.25, 0.3) is 0 Å². The van der Waals surface area contributed by atoms with Gasteiger partial charge in [-0.05, 0) is 54.2 Å². The molecule has 1 heterocycles. The van der Waals surface area contributed by atoms with E-state index in [4.69, 9.17) is 4.74 Å². The van der Waals surface area contributed by atoms with Crippen molar-refractivity contribution >= 4 is 0 Å². The number of ether oxygens (including phenoxy) is 1. The van der Waals surface area contributed by atoms with Crippen LogP contribution in [0, 0.1) is 11.3 Å². The number of hydrogen-bond donors (Lipinski definition) is 1. The van der Waals surface area contributed by atoms with Crippen molar-refractivity contribution in [1.82, 2.24) is 0 Å². The Hall–Kier alpha value is -1.02. The summed E-state index contributed by atoms with van der Waals surface area (Å²) in [6.07, 6.45) is 4.91. The molecule has 2 unspecified atom stereocenters. The van der Waals surface area contributed by atoms with Crippen LogP contribution in [0.4, 0.5) is 0 Å². The highest BCUT2D eigenvalue weighted by molar-refractivity contribution is 5.39. The van der Waals surface area contributed by atoms with Crippen molar-refractivity contribution in [2.45, 2.75) is 58.5 Å². The van der Waals surface area contributed by atoms with Gasteiger partial charge in [0, 0.05) is 6.42 Å². The Morgan fingerprint density at radius 2 is 2.15 bits per heavy atom. The van der Waals surface area contributed by atoms with Crippen molar-refractivity contribution in [3.05, 3.63) is 29.3 Å². The number of aliphatic hydroxyl groups is 1. The monoisotopic (exact) mass is 274 g/mol. The summed E-state index contributed by atoms with van der Waals surface area (Å²) in [6.45, 7) is 7.56. The summed E-state index contributed by atoms with van der Waals surface area (Å²) in [5.41, 5.74) is 2.45. The molecule has 1 fully saturated rings. The third kappa shape index (κ3) is 2.58. The number of hydrogen-bond acceptors (Lipinski definition) is 2. The summed E-state index contributed by atoms with van der Waals surface area (Å²) in [7, 11) is 0. The first-order chi connectivity index (χ1) is 9.38. The molecule has 2 atom stereocenters. The highest BCUT2D eigenvalue weighted by Crippen LogP contribution is 2.49. The molecule has 1 saturated carbocycles. The molecule has 1 aromatic rings. The summed E-state index contributed by atoms with van der Waals surface area (Å²) in [5.74, 6) is 1.44. The zero-order valence-corrected chi connectivity index (χ0v) is 12.9. The average Bonchev–Trinajstić information content (AvgIpc) is 2.89. The summed E-state index contributed by atoms with van der Waals surface area (Å²) in [4.78, 5) is 0. The lowest BCUT2D eigenvalue weighted by atomic mass is 9.85. The fraction of sp³-hybridized carbons (Fsp3) is 0.667. The van der Waals surface area contributed by atoms with E-state index in [0.717, 1.165) is 44.5 Å². The van der Waals surface area contributed by atoms with Crippen molar-refractivity contribution < 1.29 is 9.84 Å². The topological polar surface area (TPSA) is 29.5 Å². The zero-order chi connectivity index (χ0) is 14.4. The molecule has 1 N–H and O–H groups in total. The van der Waals surface area contributed by atoms with Gasteiger partial charge in [-0.3, -0.25) is 0 Å². The number of fused-ring (bicyclic) bond motifs is 1. The van der Waals surface area contributed by atoms with Gasteiger partial charge in [-0.2, -0.15) is 0 Å². The van der Waals surface area contributed by atoms with E-state index in [1.54, 1.807) is 0 Å². The number of aryl methyl sites for hydroxylation is 1. The highest BCUT2D eigenvalue weighted by atomic mass is 16.5. The van der Waals surface area contributed by atoms with Crippen molar-refractivity contribution in [2.24, 2.45) is 11.3 Å². The third-order valence-electron chi connectivity index (χ3n) is 5.16. The zero-order valence-electron chi connectivity index (χ0n) is 12.9. The van der Waals surface area contributed by atoms with E-state index in [-0.39, 0.29) is 5.41 Å². The van der Waals surface area contributed by atoms with E-state index in [1.165, 1.54) is 11.1 Å². The molecule has 0 saturated heterocycles. The van der Waals surface area contributed by atoms with E-state index < -0.39 is 5.60 Å². The van der Waals surface area contributed by atoms with Gasteiger partial charge in [0.2, 0.25) is 0 Å². The summed E-state index contributed by atoms with van der Waals surface area (Å²) >= 11 is 0. The van der Waals surface area contributed by atoms with E-state index in [9.17, 15) is 5.11 Å². The smallest absolute Gasteiger partial charge is 0.122 e. The van der Waals surface area contributed by atoms with Crippen LogP contribution >= 0.6 is 0 Å². The van der Waals surface area contributed by atoms with Gasteiger partial charge in [-0.1, -0.05) is 32.9 Å². The van der Waals surface area contributed by atoms with Crippen LogP contribution in [-0.2, 0) is 12.8 Å². The first kappa shape index (κ1) is 13.9. The highest BCUT2D eigenvalue weighted by Gasteiger charge is 2.46. The van der Waals surface area contributed by atoms with Gasteiger partial charge in [-0.25, -0.2) is 0 Å². The predicted octanol–water partition coefficient (Wildman–Crippen LogP) is 3.74. The van der Waals surface area contributed by atoms with Crippen LogP contribution in [0.15, 0.2) is 18.2 Å². The summed E-state index contributed by atoms with van der Waals surface area (Å²) in [6, 6.07) is 6.50. The molecule has 0 amide bonds. The van der Waals surface area contributed by atoms with E-state index in [0.29, 0.717) is 5.92 Å². The molecule has 2 aliphatic rings. The van der Waals surface area contributed by atoms with Crippen LogP contribution in [0.1, 0.15) is 51.2 Å². The molecule has 1 aliphatic heterocycles. The van der Waals surface area contributed by atoms with Crippen LogP contribution in [0.3, 0.4) is 0 Å². The Kier molecular flexibility index (Phi) is 3.32. The second kappa shape index (κ2) is 4.77. The second-order valence-electron chi connectivity index (χ2n) is 7.59. The minimum absolute atomic E-state index is 0.278. The normalized spacial score (nSPS) is 31.1. The Morgan fingerprint density at radius 3 is 2.85 bits per heavy atom. The molecule has 20 heavy (non-hydrogen) atoms. The fourth-order valence-electron chi connectivity index (χ4n) is 4.18. The molecule has 2 heteroatoms. The molecule has 0 aromatic heterocycles. The second-order valence-corrected chi connectivity index (χ2v) is 7.59. The number of rotatable bonds is 3. The van der Waals surface area contributed by atoms with E-state index in [1.807, 2.05) is 0 Å². The van der Waals surface area contributed by atoms with Gasteiger partial charge < -0.3 is 9.84 Å². The first-order valence-electron chi connectivity index (χ1n) is 7.85. The van der Waals surface area contributed by atoms with Gasteiger partial charge in [0.15, 0.2) is 0 Å². The summed E-state index contributed by atoms with van der Waals surface area (Å²) < 4.78 is 5.55. The largest absolute Gasteiger partial charge is 0.493 e. The maximum atomic E-state index is 10.9. The van der Waals surface area contributed by atoms with Gasteiger partial charge in [0.1, 0.15) is 5.75 Å². The molecule has 1 aromatic carbocycles. The quantitative estimate of drug-likeness (QED) is 0.910. The van der Waals surface area contributed by atoms with Crippen LogP contribution in [0.25, 0.3) is 0 Å². The fourth-order valence-corrected chi connectivity index (χ4v) is 4.18. The standard InChI is InChI=1S/C18H26O2/c1-13-11-17(2,3)12-18(13,19)8-6-14-4-5-16-15(10-14)7-9-20-16/h4-5,10,13,19H,6-9,11-12H2,1-3H3. The molecule has 1 aliphatic carbocycles. The minimum Gasteiger partial charge on any atom is -0.493 e. The molecule has 2 nitrogen and oxygen atoms in total. The van der Waals surface area contributed by atoms with E-state index in [2.05, 4.69) is 39.0 Å². The SMILES string of the molecule is CC1CC(C)(C)CC1(O)CCc1ccc2c(c1)CCO2. The van der Waals surface area contributed by atoms with Gasteiger partial charge in [0.05, 0.1) is 12.2 Å². The van der Waals surface area contributed by atoms with Crippen LogP contribution in [-0.4, -0.2) is 17.3 Å². The summed E-state index contributed by atoms with van der Waals surface area (Å²) in [5, 5.41) is 10.9. The van der Waals surface area contributed by atoms with Crippen LogP contribution in [0.2, 0.25) is 0 Å². The van der Waals surface area contributed by atoms with Gasteiger partial charge >= 0.3 is 0 Å². The Bertz CT molecular complexity index is 506. The lowest BCUT2D eigenvalue weighted by Gasteiger charge is -2.28. The predicted molar refractivity (Wildman–Crippen MR) is 81.1 cm³/mol. The average molecular weight is 274 g/mol. The van der Waals surface area contributed by atoms with E-state index >= 15 is 0 Å². The van der Waals surface area contributed by atoms with Crippen molar-refractivity contribution in [1.29, 1.82) is 0 Å². The lowest BCUT2D eigenvalue weighted by Crippen LogP contribution is -2.32. The number of benzene rings is 1. The van der Waals surface area contributed by atoms with Crippen LogP contribution < -0.4 is 4.74 Å². The molecule has 3 rings (SSSR count). The Balaban J connectivity index is 1.67. The molecule has 0 radical (unpaired) electrons. The minimum atomic E-state index is -0.487. The first-order valence-corrected chi connectivity index (χ1v) is 7.85. The molecular weight excluding hydrogens is 248 g/mol. The molecular formula is C18H26O2. The molecule has 0 spiro atoms. The lowest BCUT2D eigenvalue weighted by molar-refractivity contribution is -0.00372. The van der Waals surface area contributed by atoms with Gasteiger partial charge in [-0.15, -0.1) is 0 Å². The molecule has 110 valence electrons. The maximum Gasteiger partial charge on any atom is 0.122 e.